The normalized spacial score (nSPS) is 19.2. The molecule has 1 saturated heterocycles. The maximum Gasteiger partial charge on any atom is 0.282 e. The smallest absolute Gasteiger partial charge is 0.282 e. The molecule has 0 spiro atoms. The minimum absolute atomic E-state index is 0.0174. The van der Waals surface area contributed by atoms with Crippen molar-refractivity contribution in [1.82, 2.24) is 0 Å². The second-order valence-electron chi connectivity index (χ2n) is 3.54. The van der Waals surface area contributed by atoms with Crippen LogP contribution < -0.4 is 4.90 Å². The lowest BCUT2D eigenvalue weighted by Gasteiger charge is -2.40. The second-order valence-corrected chi connectivity index (χ2v) is 3.54. The fraction of sp³-hybridized carbons (Fsp3) is 0.400. The number of benzene rings is 1. The number of aliphatic hydroxyl groups is 1. The van der Waals surface area contributed by atoms with Gasteiger partial charge in [-0.25, -0.2) is 8.78 Å². The standard InChI is InChI=1S/C10H11F2NO/c11-10(12)6-13(7-10)9-3-1-8(5-14)2-4-9/h1-4,14H,5-7H2. The molecule has 1 aliphatic rings. The zero-order valence-corrected chi connectivity index (χ0v) is 7.58. The minimum Gasteiger partial charge on any atom is -0.392 e. The van der Waals surface area contributed by atoms with Gasteiger partial charge in [-0.3, -0.25) is 0 Å². The van der Waals surface area contributed by atoms with Crippen molar-refractivity contribution < 1.29 is 13.9 Å². The average molecular weight is 199 g/mol. The van der Waals surface area contributed by atoms with E-state index in [1.165, 1.54) is 0 Å². The van der Waals surface area contributed by atoms with Crippen LogP contribution in [-0.2, 0) is 6.61 Å². The van der Waals surface area contributed by atoms with Crippen molar-refractivity contribution in [2.75, 3.05) is 18.0 Å². The molecular formula is C10H11F2NO. The van der Waals surface area contributed by atoms with Crippen LogP contribution in [-0.4, -0.2) is 24.1 Å². The molecule has 1 heterocycles. The van der Waals surface area contributed by atoms with Gasteiger partial charge < -0.3 is 10.0 Å². The van der Waals surface area contributed by atoms with Crippen LogP contribution in [0.5, 0.6) is 0 Å². The molecule has 0 saturated carbocycles. The summed E-state index contributed by atoms with van der Waals surface area (Å²) in [6, 6.07) is 6.99. The fourth-order valence-corrected chi connectivity index (χ4v) is 1.51. The van der Waals surface area contributed by atoms with Gasteiger partial charge in [0.05, 0.1) is 19.7 Å². The Bertz CT molecular complexity index is 315. The number of hydrogen-bond acceptors (Lipinski definition) is 2. The first-order valence-electron chi connectivity index (χ1n) is 4.43. The Kier molecular flexibility index (Phi) is 2.15. The molecule has 0 atom stereocenters. The van der Waals surface area contributed by atoms with E-state index in [0.29, 0.717) is 0 Å². The summed E-state index contributed by atoms with van der Waals surface area (Å²) in [5.74, 6) is -2.53. The molecule has 0 radical (unpaired) electrons. The number of aliphatic hydroxyl groups excluding tert-OH is 1. The van der Waals surface area contributed by atoms with Crippen LogP contribution in [0.4, 0.5) is 14.5 Å². The number of rotatable bonds is 2. The Labute approximate surface area is 80.8 Å². The summed E-state index contributed by atoms with van der Waals surface area (Å²) in [4.78, 5) is 1.61. The summed E-state index contributed by atoms with van der Waals surface area (Å²) in [6.07, 6.45) is 0. The van der Waals surface area contributed by atoms with E-state index >= 15 is 0 Å². The number of nitrogens with zero attached hydrogens (tertiary/aromatic N) is 1. The lowest BCUT2D eigenvalue weighted by atomic mass is 10.1. The topological polar surface area (TPSA) is 23.5 Å². The summed E-state index contributed by atoms with van der Waals surface area (Å²) in [6.45, 7) is -0.423. The molecule has 0 bridgehead atoms. The highest BCUT2D eigenvalue weighted by Crippen LogP contribution is 2.31. The van der Waals surface area contributed by atoms with Gasteiger partial charge in [0.2, 0.25) is 0 Å². The first kappa shape index (κ1) is 9.40. The molecule has 0 aliphatic carbocycles. The molecule has 76 valence electrons. The molecule has 2 nitrogen and oxygen atoms in total. The van der Waals surface area contributed by atoms with E-state index in [1.54, 1.807) is 29.2 Å². The maximum absolute atomic E-state index is 12.5. The third kappa shape index (κ3) is 1.70. The predicted molar refractivity (Wildman–Crippen MR) is 49.5 cm³/mol. The molecule has 2 rings (SSSR count). The average Bonchev–Trinajstić information content (AvgIpc) is 2.14. The summed E-state index contributed by atoms with van der Waals surface area (Å²) >= 11 is 0. The Hall–Kier alpha value is -1.16. The Morgan fingerprint density at radius 3 is 2.21 bits per heavy atom. The molecular weight excluding hydrogens is 188 g/mol. The van der Waals surface area contributed by atoms with Gasteiger partial charge in [-0.1, -0.05) is 12.1 Å². The lowest BCUT2D eigenvalue weighted by molar-refractivity contribution is -0.0262. The highest BCUT2D eigenvalue weighted by molar-refractivity contribution is 5.50. The SMILES string of the molecule is OCc1ccc(N2CC(F)(F)C2)cc1. The molecule has 1 N–H and O–H groups in total. The molecule has 1 aromatic rings. The lowest BCUT2D eigenvalue weighted by Crippen LogP contribution is -2.56. The van der Waals surface area contributed by atoms with E-state index in [2.05, 4.69) is 0 Å². The van der Waals surface area contributed by atoms with Gasteiger partial charge in [-0.15, -0.1) is 0 Å². The van der Waals surface area contributed by atoms with E-state index in [-0.39, 0.29) is 19.7 Å². The van der Waals surface area contributed by atoms with Gasteiger partial charge in [0, 0.05) is 5.69 Å². The third-order valence-electron chi connectivity index (χ3n) is 2.33. The van der Waals surface area contributed by atoms with E-state index in [1.807, 2.05) is 0 Å². The summed E-state index contributed by atoms with van der Waals surface area (Å²) < 4.78 is 25.1. The molecule has 4 heteroatoms. The maximum atomic E-state index is 12.5. The van der Waals surface area contributed by atoms with Crippen LogP contribution in [0.25, 0.3) is 0 Å². The molecule has 0 unspecified atom stereocenters. The summed E-state index contributed by atoms with van der Waals surface area (Å²) in [7, 11) is 0. The number of anilines is 1. The van der Waals surface area contributed by atoms with E-state index in [4.69, 9.17) is 5.11 Å². The van der Waals surface area contributed by atoms with Crippen molar-refractivity contribution in [2.24, 2.45) is 0 Å². The van der Waals surface area contributed by atoms with Crippen LogP contribution in [0.3, 0.4) is 0 Å². The Morgan fingerprint density at radius 1 is 1.21 bits per heavy atom. The fourth-order valence-electron chi connectivity index (χ4n) is 1.51. The van der Waals surface area contributed by atoms with Gasteiger partial charge in [0.15, 0.2) is 0 Å². The molecule has 1 aliphatic heterocycles. The van der Waals surface area contributed by atoms with Crippen molar-refractivity contribution >= 4 is 5.69 Å². The number of alkyl halides is 2. The van der Waals surface area contributed by atoms with Crippen molar-refractivity contribution in [1.29, 1.82) is 0 Å². The summed E-state index contributed by atoms with van der Waals surface area (Å²) in [5, 5.41) is 8.79. The van der Waals surface area contributed by atoms with Crippen LogP contribution in [0.1, 0.15) is 5.56 Å². The minimum atomic E-state index is -2.53. The van der Waals surface area contributed by atoms with Crippen molar-refractivity contribution in [3.63, 3.8) is 0 Å². The molecule has 14 heavy (non-hydrogen) atoms. The highest BCUT2D eigenvalue weighted by Gasteiger charge is 2.43. The zero-order chi connectivity index (χ0) is 10.2. The quantitative estimate of drug-likeness (QED) is 0.782. The van der Waals surface area contributed by atoms with Crippen LogP contribution in [0.15, 0.2) is 24.3 Å². The van der Waals surface area contributed by atoms with E-state index in [0.717, 1.165) is 11.3 Å². The molecule has 1 aromatic carbocycles. The van der Waals surface area contributed by atoms with Gasteiger partial charge in [0.1, 0.15) is 0 Å². The first-order valence-corrected chi connectivity index (χ1v) is 4.43. The zero-order valence-electron chi connectivity index (χ0n) is 7.58. The number of hydrogen-bond donors (Lipinski definition) is 1. The van der Waals surface area contributed by atoms with Crippen LogP contribution >= 0.6 is 0 Å². The van der Waals surface area contributed by atoms with E-state index < -0.39 is 5.92 Å². The Balaban J connectivity index is 2.05. The monoisotopic (exact) mass is 199 g/mol. The number of halogens is 2. The van der Waals surface area contributed by atoms with Crippen LogP contribution in [0.2, 0.25) is 0 Å². The van der Waals surface area contributed by atoms with Gasteiger partial charge in [0.25, 0.3) is 5.92 Å². The molecule has 0 aromatic heterocycles. The highest BCUT2D eigenvalue weighted by atomic mass is 19.3. The predicted octanol–water partition coefficient (Wildman–Crippen LogP) is 1.63. The first-order chi connectivity index (χ1) is 6.61. The van der Waals surface area contributed by atoms with Crippen molar-refractivity contribution in [2.45, 2.75) is 12.5 Å². The van der Waals surface area contributed by atoms with Gasteiger partial charge in [-0.05, 0) is 17.7 Å². The second kappa shape index (κ2) is 3.20. The van der Waals surface area contributed by atoms with Gasteiger partial charge in [-0.2, -0.15) is 0 Å². The summed E-state index contributed by atoms with van der Waals surface area (Å²) in [5.41, 5.74) is 1.58. The largest absolute Gasteiger partial charge is 0.392 e. The molecule has 1 fully saturated rings. The van der Waals surface area contributed by atoms with Crippen molar-refractivity contribution in [3.8, 4) is 0 Å². The molecule has 0 amide bonds. The van der Waals surface area contributed by atoms with Crippen molar-refractivity contribution in [3.05, 3.63) is 29.8 Å². The Morgan fingerprint density at radius 2 is 1.79 bits per heavy atom. The van der Waals surface area contributed by atoms with Gasteiger partial charge >= 0.3 is 0 Å². The third-order valence-corrected chi connectivity index (χ3v) is 2.33. The van der Waals surface area contributed by atoms with Crippen LogP contribution in [0, 0.1) is 0 Å². The van der Waals surface area contributed by atoms with E-state index in [9.17, 15) is 8.78 Å².